The van der Waals surface area contributed by atoms with E-state index in [0.717, 1.165) is 11.0 Å². The summed E-state index contributed by atoms with van der Waals surface area (Å²) in [4.78, 5) is 17.0. The third kappa shape index (κ3) is 4.28. The maximum absolute atomic E-state index is 12.5. The van der Waals surface area contributed by atoms with Crippen LogP contribution in [0.25, 0.3) is 22.4 Å². The number of furan rings is 1. The number of anilines is 1. The second-order valence-corrected chi connectivity index (χ2v) is 9.51. The number of rotatable bonds is 6. The Morgan fingerprint density at radius 2 is 1.83 bits per heavy atom. The Bertz CT molecular complexity index is 1270. The maximum atomic E-state index is 12.5. The first kappa shape index (κ1) is 20.3. The lowest BCUT2D eigenvalue weighted by molar-refractivity contribution is 0.102. The summed E-state index contributed by atoms with van der Waals surface area (Å²) in [5, 5.41) is 5.94. The molecule has 4 aromatic rings. The second-order valence-electron chi connectivity index (χ2n) is 6.94. The van der Waals surface area contributed by atoms with Crippen LogP contribution in [-0.2, 0) is 10.0 Å². The molecule has 2 aromatic heterocycles. The van der Waals surface area contributed by atoms with E-state index in [1.165, 1.54) is 35.6 Å². The molecule has 7 nitrogen and oxygen atoms in total. The summed E-state index contributed by atoms with van der Waals surface area (Å²) in [5.41, 5.74) is 1.74. The number of nitrogens with one attached hydrogen (secondary N) is 2. The fourth-order valence-corrected chi connectivity index (χ4v) is 4.83. The van der Waals surface area contributed by atoms with Crippen LogP contribution in [0.5, 0.6) is 0 Å². The topological polar surface area (TPSA) is 101 Å². The average Bonchev–Trinajstić information content (AvgIpc) is 3.33. The number of benzene rings is 2. The molecule has 0 bridgehead atoms. The SMILES string of the molecule is CC(C)NS(=O)(=O)c1ccc(C(=O)Nc2nc(-c3cc4ccccc4o3)cs2)cc1. The van der Waals surface area contributed by atoms with Crippen LogP contribution in [0.15, 0.2) is 69.3 Å². The van der Waals surface area contributed by atoms with Gasteiger partial charge in [-0.2, -0.15) is 0 Å². The molecular weight excluding hydrogens is 422 g/mol. The van der Waals surface area contributed by atoms with Crippen LogP contribution in [0.1, 0.15) is 24.2 Å². The van der Waals surface area contributed by atoms with E-state index in [1.54, 1.807) is 19.2 Å². The molecule has 2 N–H and O–H groups in total. The molecule has 2 heterocycles. The van der Waals surface area contributed by atoms with Gasteiger partial charge in [0.1, 0.15) is 11.3 Å². The third-order valence-corrected chi connectivity index (χ3v) is 6.65. The van der Waals surface area contributed by atoms with Gasteiger partial charge in [-0.05, 0) is 50.2 Å². The molecule has 9 heteroatoms. The average molecular weight is 442 g/mol. The highest BCUT2D eigenvalue weighted by Crippen LogP contribution is 2.30. The number of thiazole rings is 1. The number of amides is 1. The van der Waals surface area contributed by atoms with E-state index in [1.807, 2.05) is 30.3 Å². The second kappa shape index (κ2) is 8.02. The molecule has 4 rings (SSSR count). The predicted octanol–water partition coefficient (Wildman–Crippen LogP) is 4.50. The van der Waals surface area contributed by atoms with Gasteiger partial charge < -0.3 is 4.42 Å². The number of hydrogen-bond acceptors (Lipinski definition) is 6. The molecular formula is C21H19N3O4S2. The molecule has 0 unspecified atom stereocenters. The van der Waals surface area contributed by atoms with Crippen molar-refractivity contribution in [1.29, 1.82) is 0 Å². The van der Waals surface area contributed by atoms with Gasteiger partial charge >= 0.3 is 0 Å². The Morgan fingerprint density at radius 3 is 2.53 bits per heavy atom. The van der Waals surface area contributed by atoms with Crippen molar-refractivity contribution >= 4 is 43.4 Å². The van der Waals surface area contributed by atoms with Gasteiger partial charge in [-0.15, -0.1) is 11.3 Å². The largest absolute Gasteiger partial charge is 0.454 e. The van der Waals surface area contributed by atoms with E-state index in [4.69, 9.17) is 4.42 Å². The molecule has 0 fully saturated rings. The Morgan fingerprint density at radius 1 is 1.10 bits per heavy atom. The molecule has 0 atom stereocenters. The first-order chi connectivity index (χ1) is 14.3. The Labute approximate surface area is 177 Å². The first-order valence-electron chi connectivity index (χ1n) is 9.20. The van der Waals surface area contributed by atoms with Crippen LogP contribution in [0.4, 0.5) is 5.13 Å². The lowest BCUT2D eigenvalue weighted by Gasteiger charge is -2.10. The number of sulfonamides is 1. The van der Waals surface area contributed by atoms with Crippen molar-refractivity contribution in [3.05, 3.63) is 65.5 Å². The van der Waals surface area contributed by atoms with E-state index in [9.17, 15) is 13.2 Å². The Kier molecular flexibility index (Phi) is 5.42. The molecule has 0 aliphatic carbocycles. The summed E-state index contributed by atoms with van der Waals surface area (Å²) < 4.78 is 32.7. The van der Waals surface area contributed by atoms with Crippen molar-refractivity contribution in [3.8, 4) is 11.5 Å². The molecule has 0 aliphatic rings. The number of para-hydroxylation sites is 1. The van der Waals surface area contributed by atoms with Gasteiger partial charge in [0.25, 0.3) is 5.91 Å². The highest BCUT2D eigenvalue weighted by Gasteiger charge is 2.17. The molecule has 0 aliphatic heterocycles. The Hall–Kier alpha value is -3.01. The van der Waals surface area contributed by atoms with Crippen molar-refractivity contribution in [2.45, 2.75) is 24.8 Å². The smallest absolute Gasteiger partial charge is 0.257 e. The van der Waals surface area contributed by atoms with Crippen LogP contribution in [0.3, 0.4) is 0 Å². The van der Waals surface area contributed by atoms with E-state index in [0.29, 0.717) is 22.1 Å². The summed E-state index contributed by atoms with van der Waals surface area (Å²) >= 11 is 1.28. The number of aromatic nitrogens is 1. The summed E-state index contributed by atoms with van der Waals surface area (Å²) in [7, 11) is -3.60. The van der Waals surface area contributed by atoms with Crippen molar-refractivity contribution in [2.75, 3.05) is 5.32 Å². The molecule has 0 radical (unpaired) electrons. The monoisotopic (exact) mass is 441 g/mol. The highest BCUT2D eigenvalue weighted by atomic mass is 32.2. The fraction of sp³-hybridized carbons (Fsp3) is 0.143. The summed E-state index contributed by atoms with van der Waals surface area (Å²) in [6.07, 6.45) is 0. The van der Waals surface area contributed by atoms with Gasteiger partial charge in [-0.25, -0.2) is 18.1 Å². The molecule has 154 valence electrons. The van der Waals surface area contributed by atoms with Gasteiger partial charge in [0, 0.05) is 22.4 Å². The minimum atomic E-state index is -3.60. The van der Waals surface area contributed by atoms with Crippen LogP contribution in [0, 0.1) is 0 Å². The van der Waals surface area contributed by atoms with Crippen molar-refractivity contribution in [3.63, 3.8) is 0 Å². The zero-order valence-electron chi connectivity index (χ0n) is 16.2. The Balaban J connectivity index is 1.48. The van der Waals surface area contributed by atoms with E-state index < -0.39 is 10.0 Å². The van der Waals surface area contributed by atoms with Gasteiger partial charge in [-0.1, -0.05) is 18.2 Å². The summed E-state index contributed by atoms with van der Waals surface area (Å²) in [5.74, 6) is 0.251. The highest BCUT2D eigenvalue weighted by molar-refractivity contribution is 7.89. The zero-order valence-corrected chi connectivity index (χ0v) is 17.9. The number of carbonyl (C=O) groups excluding carboxylic acids is 1. The predicted molar refractivity (Wildman–Crippen MR) is 117 cm³/mol. The molecule has 2 aromatic carbocycles. The standard InChI is InChI=1S/C21H19N3O4S2/c1-13(2)24-30(26,27)16-9-7-14(8-10-16)20(25)23-21-22-17(12-29-21)19-11-15-5-3-4-6-18(15)28-19/h3-13,24H,1-2H3,(H,22,23,25). The molecule has 0 spiro atoms. The van der Waals surface area contributed by atoms with Crippen molar-refractivity contribution < 1.29 is 17.6 Å². The van der Waals surface area contributed by atoms with E-state index >= 15 is 0 Å². The third-order valence-electron chi connectivity index (χ3n) is 4.22. The van der Waals surface area contributed by atoms with Crippen molar-refractivity contribution in [2.24, 2.45) is 0 Å². The zero-order chi connectivity index (χ0) is 21.3. The van der Waals surface area contributed by atoms with Crippen molar-refractivity contribution in [1.82, 2.24) is 9.71 Å². The summed E-state index contributed by atoms with van der Waals surface area (Å²) in [6, 6.07) is 15.1. The van der Waals surface area contributed by atoms with Crippen LogP contribution >= 0.6 is 11.3 Å². The summed E-state index contributed by atoms with van der Waals surface area (Å²) in [6.45, 7) is 3.49. The quantitative estimate of drug-likeness (QED) is 0.459. The lowest BCUT2D eigenvalue weighted by Crippen LogP contribution is -2.30. The maximum Gasteiger partial charge on any atom is 0.257 e. The molecule has 0 saturated heterocycles. The minimum Gasteiger partial charge on any atom is -0.454 e. The normalized spacial score (nSPS) is 11.8. The van der Waals surface area contributed by atoms with Crippen LogP contribution in [-0.4, -0.2) is 25.4 Å². The lowest BCUT2D eigenvalue weighted by atomic mass is 10.2. The van der Waals surface area contributed by atoms with E-state index in [2.05, 4.69) is 15.0 Å². The number of hydrogen-bond donors (Lipinski definition) is 2. The van der Waals surface area contributed by atoms with Crippen LogP contribution < -0.4 is 10.0 Å². The van der Waals surface area contributed by atoms with Gasteiger partial charge in [0.15, 0.2) is 10.9 Å². The first-order valence-corrected chi connectivity index (χ1v) is 11.6. The number of fused-ring (bicyclic) bond motifs is 1. The molecule has 0 saturated carbocycles. The van der Waals surface area contributed by atoms with Gasteiger partial charge in [0.05, 0.1) is 4.90 Å². The van der Waals surface area contributed by atoms with Gasteiger partial charge in [-0.3, -0.25) is 10.1 Å². The molecule has 30 heavy (non-hydrogen) atoms. The number of nitrogens with zero attached hydrogens (tertiary/aromatic N) is 1. The van der Waals surface area contributed by atoms with Gasteiger partial charge in [0.2, 0.25) is 10.0 Å². The number of carbonyl (C=O) groups is 1. The van der Waals surface area contributed by atoms with Crippen LogP contribution in [0.2, 0.25) is 0 Å². The van der Waals surface area contributed by atoms with E-state index in [-0.39, 0.29) is 16.8 Å². The molecule has 1 amide bonds. The fourth-order valence-electron chi connectivity index (χ4n) is 2.89. The minimum absolute atomic E-state index is 0.106.